The summed E-state index contributed by atoms with van der Waals surface area (Å²) in [7, 11) is 0. The molecule has 0 bridgehead atoms. The molecule has 3 rings (SSSR count). The van der Waals surface area contributed by atoms with E-state index in [1.54, 1.807) is 18.5 Å². The van der Waals surface area contributed by atoms with E-state index in [1.165, 1.54) is 24.0 Å². The minimum absolute atomic E-state index is 0.427. The molecule has 1 heterocycles. The van der Waals surface area contributed by atoms with E-state index in [-0.39, 0.29) is 0 Å². The lowest BCUT2D eigenvalue weighted by Gasteiger charge is -2.17. The molecule has 104 valence electrons. The molecule has 0 radical (unpaired) electrons. The van der Waals surface area contributed by atoms with Crippen LogP contribution < -0.4 is 5.32 Å². The molecule has 1 aromatic carbocycles. The number of anilines is 2. The van der Waals surface area contributed by atoms with Gasteiger partial charge >= 0.3 is 0 Å². The monoisotopic (exact) mass is 287 g/mol. The number of aromatic nitrogens is 2. The van der Waals surface area contributed by atoms with E-state index < -0.39 is 0 Å². The topological polar surface area (TPSA) is 37.8 Å². The maximum absolute atomic E-state index is 6.43. The van der Waals surface area contributed by atoms with E-state index >= 15 is 0 Å². The first-order chi connectivity index (χ1) is 9.65. The highest BCUT2D eigenvalue weighted by molar-refractivity contribution is 6.31. The normalized spacial score (nSPS) is 14.6. The SMILES string of the molecule is CC(C)c1cc(C2CC2)c(Cl)cc1Nc1ncccn1. The molecule has 1 fully saturated rings. The van der Waals surface area contributed by atoms with Crippen molar-refractivity contribution in [3.63, 3.8) is 0 Å². The number of hydrogen-bond acceptors (Lipinski definition) is 3. The summed E-state index contributed by atoms with van der Waals surface area (Å²) in [5.74, 6) is 1.68. The summed E-state index contributed by atoms with van der Waals surface area (Å²) in [6, 6.07) is 6.06. The minimum Gasteiger partial charge on any atom is -0.324 e. The molecule has 0 saturated heterocycles. The van der Waals surface area contributed by atoms with E-state index in [0.717, 1.165) is 10.7 Å². The average molecular weight is 288 g/mol. The second-order valence-corrected chi connectivity index (χ2v) is 5.99. The van der Waals surface area contributed by atoms with Crippen molar-refractivity contribution in [2.24, 2.45) is 0 Å². The summed E-state index contributed by atoms with van der Waals surface area (Å²) in [5.41, 5.74) is 3.55. The fourth-order valence-corrected chi connectivity index (χ4v) is 2.70. The van der Waals surface area contributed by atoms with E-state index in [0.29, 0.717) is 17.8 Å². The van der Waals surface area contributed by atoms with Crippen molar-refractivity contribution >= 4 is 23.2 Å². The summed E-state index contributed by atoms with van der Waals surface area (Å²) in [6.45, 7) is 4.38. The zero-order valence-corrected chi connectivity index (χ0v) is 12.5. The molecule has 2 aromatic rings. The number of rotatable bonds is 4. The first-order valence-electron chi connectivity index (χ1n) is 7.02. The summed E-state index contributed by atoms with van der Waals surface area (Å²) in [4.78, 5) is 8.42. The summed E-state index contributed by atoms with van der Waals surface area (Å²) in [5, 5.41) is 4.12. The Bertz CT molecular complexity index is 607. The molecule has 0 aliphatic heterocycles. The van der Waals surface area contributed by atoms with Gasteiger partial charge in [0.2, 0.25) is 5.95 Å². The lowest BCUT2D eigenvalue weighted by Crippen LogP contribution is -2.02. The Morgan fingerprint density at radius 2 is 1.90 bits per heavy atom. The molecule has 0 amide bonds. The van der Waals surface area contributed by atoms with Gasteiger partial charge in [-0.25, -0.2) is 9.97 Å². The number of benzene rings is 1. The molecular weight excluding hydrogens is 270 g/mol. The first-order valence-corrected chi connectivity index (χ1v) is 7.40. The Labute approximate surface area is 124 Å². The standard InChI is InChI=1S/C16H18ClN3/c1-10(2)12-8-13(11-4-5-11)14(17)9-15(12)20-16-18-6-3-7-19-16/h3,6-11H,4-5H2,1-2H3,(H,18,19,20). The molecular formula is C16H18ClN3. The van der Waals surface area contributed by atoms with Crippen molar-refractivity contribution in [1.82, 2.24) is 9.97 Å². The van der Waals surface area contributed by atoms with Gasteiger partial charge in [0, 0.05) is 23.1 Å². The molecule has 0 spiro atoms. The third-order valence-corrected chi connectivity index (χ3v) is 3.95. The van der Waals surface area contributed by atoms with Crippen molar-refractivity contribution in [2.45, 2.75) is 38.5 Å². The van der Waals surface area contributed by atoms with Crippen LogP contribution in [0.15, 0.2) is 30.6 Å². The van der Waals surface area contributed by atoms with Crippen LogP contribution in [0.1, 0.15) is 49.7 Å². The zero-order valence-electron chi connectivity index (χ0n) is 11.7. The van der Waals surface area contributed by atoms with Gasteiger partial charge in [-0.05, 0) is 47.9 Å². The van der Waals surface area contributed by atoms with Gasteiger partial charge in [0.25, 0.3) is 0 Å². The van der Waals surface area contributed by atoms with E-state index in [2.05, 4.69) is 35.2 Å². The van der Waals surface area contributed by atoms with Gasteiger partial charge in [0.05, 0.1) is 0 Å². The number of hydrogen-bond donors (Lipinski definition) is 1. The van der Waals surface area contributed by atoms with Crippen LogP contribution in [0.5, 0.6) is 0 Å². The molecule has 1 N–H and O–H groups in total. The van der Waals surface area contributed by atoms with Crippen molar-refractivity contribution in [3.05, 3.63) is 46.7 Å². The van der Waals surface area contributed by atoms with Crippen LogP contribution in [0.3, 0.4) is 0 Å². The van der Waals surface area contributed by atoms with Crippen LogP contribution >= 0.6 is 11.6 Å². The third-order valence-electron chi connectivity index (χ3n) is 3.62. The maximum Gasteiger partial charge on any atom is 0.227 e. The van der Waals surface area contributed by atoms with Crippen LogP contribution in [0, 0.1) is 0 Å². The quantitative estimate of drug-likeness (QED) is 0.871. The Balaban J connectivity index is 1.98. The lowest BCUT2D eigenvalue weighted by atomic mass is 9.97. The Morgan fingerprint density at radius 1 is 1.20 bits per heavy atom. The van der Waals surface area contributed by atoms with Crippen LogP contribution in [-0.2, 0) is 0 Å². The average Bonchev–Trinajstić information content (AvgIpc) is 3.24. The van der Waals surface area contributed by atoms with Gasteiger partial charge in [-0.3, -0.25) is 0 Å². The summed E-state index contributed by atoms with van der Waals surface area (Å²) < 4.78 is 0. The number of halogens is 1. The molecule has 1 aliphatic carbocycles. The Kier molecular flexibility index (Phi) is 3.62. The molecule has 1 aromatic heterocycles. The molecule has 0 atom stereocenters. The molecule has 1 saturated carbocycles. The third kappa shape index (κ3) is 2.78. The predicted molar refractivity (Wildman–Crippen MR) is 82.8 cm³/mol. The highest BCUT2D eigenvalue weighted by Crippen LogP contribution is 2.45. The van der Waals surface area contributed by atoms with Crippen LogP contribution in [0.2, 0.25) is 5.02 Å². The van der Waals surface area contributed by atoms with Crippen molar-refractivity contribution in [3.8, 4) is 0 Å². The highest BCUT2D eigenvalue weighted by atomic mass is 35.5. The van der Waals surface area contributed by atoms with Gasteiger partial charge in [-0.15, -0.1) is 0 Å². The summed E-state index contributed by atoms with van der Waals surface area (Å²) in [6.07, 6.45) is 5.97. The fraction of sp³-hybridized carbons (Fsp3) is 0.375. The van der Waals surface area contributed by atoms with Crippen LogP contribution in [0.25, 0.3) is 0 Å². The highest BCUT2D eigenvalue weighted by Gasteiger charge is 2.27. The van der Waals surface area contributed by atoms with Crippen LogP contribution in [0.4, 0.5) is 11.6 Å². The molecule has 4 heteroatoms. The summed E-state index contributed by atoms with van der Waals surface area (Å²) >= 11 is 6.43. The zero-order chi connectivity index (χ0) is 14.1. The lowest BCUT2D eigenvalue weighted by molar-refractivity contribution is 0.863. The first kappa shape index (κ1) is 13.4. The second kappa shape index (κ2) is 5.41. The van der Waals surface area contributed by atoms with Gasteiger partial charge in [0.1, 0.15) is 0 Å². The Morgan fingerprint density at radius 3 is 2.50 bits per heavy atom. The Hall–Kier alpha value is -1.61. The van der Waals surface area contributed by atoms with Crippen LogP contribution in [-0.4, -0.2) is 9.97 Å². The van der Waals surface area contributed by atoms with E-state index in [9.17, 15) is 0 Å². The van der Waals surface area contributed by atoms with Crippen molar-refractivity contribution in [2.75, 3.05) is 5.32 Å². The van der Waals surface area contributed by atoms with E-state index in [4.69, 9.17) is 11.6 Å². The molecule has 0 unspecified atom stereocenters. The van der Waals surface area contributed by atoms with Gasteiger partial charge < -0.3 is 5.32 Å². The minimum atomic E-state index is 0.427. The number of nitrogens with zero attached hydrogens (tertiary/aromatic N) is 2. The number of nitrogens with one attached hydrogen (secondary N) is 1. The molecule has 1 aliphatic rings. The fourth-order valence-electron chi connectivity index (χ4n) is 2.38. The smallest absolute Gasteiger partial charge is 0.227 e. The van der Waals surface area contributed by atoms with Gasteiger partial charge in [-0.2, -0.15) is 0 Å². The van der Waals surface area contributed by atoms with Gasteiger partial charge in [-0.1, -0.05) is 31.5 Å². The molecule has 20 heavy (non-hydrogen) atoms. The van der Waals surface area contributed by atoms with E-state index in [1.807, 2.05) is 6.07 Å². The van der Waals surface area contributed by atoms with Crippen molar-refractivity contribution < 1.29 is 0 Å². The largest absolute Gasteiger partial charge is 0.324 e. The molecule has 3 nitrogen and oxygen atoms in total. The second-order valence-electron chi connectivity index (χ2n) is 5.59. The maximum atomic E-state index is 6.43. The predicted octanol–water partition coefficient (Wildman–Crippen LogP) is 4.87. The van der Waals surface area contributed by atoms with Gasteiger partial charge in [0.15, 0.2) is 0 Å². The van der Waals surface area contributed by atoms with Crippen molar-refractivity contribution in [1.29, 1.82) is 0 Å².